The number of pyridine rings is 1. The average molecular weight is 218 g/mol. The number of hydrogen-bond donors (Lipinski definition) is 1. The molecule has 0 saturated heterocycles. The Hall–Kier alpha value is -1.64. The van der Waals surface area contributed by atoms with Crippen LogP contribution in [0.5, 0.6) is 0 Å². The van der Waals surface area contributed by atoms with Crippen molar-refractivity contribution in [1.82, 2.24) is 10.3 Å². The van der Waals surface area contributed by atoms with Gasteiger partial charge in [-0.25, -0.2) is 0 Å². The minimum Gasteiger partial charge on any atom is -0.356 e. The summed E-state index contributed by atoms with van der Waals surface area (Å²) < 4.78 is 0. The van der Waals surface area contributed by atoms with Crippen molar-refractivity contribution in [1.29, 1.82) is 0 Å². The van der Waals surface area contributed by atoms with Gasteiger partial charge < -0.3 is 5.32 Å². The molecule has 0 spiro atoms. The second-order valence-corrected chi connectivity index (χ2v) is 3.53. The van der Waals surface area contributed by atoms with Crippen molar-refractivity contribution in [3.8, 4) is 0 Å². The van der Waals surface area contributed by atoms with Crippen LogP contribution in [-0.4, -0.2) is 17.4 Å². The van der Waals surface area contributed by atoms with E-state index in [-0.39, 0.29) is 5.91 Å². The van der Waals surface area contributed by atoms with Crippen LogP contribution in [0.1, 0.15) is 25.5 Å². The van der Waals surface area contributed by atoms with E-state index < -0.39 is 0 Å². The van der Waals surface area contributed by atoms with E-state index in [9.17, 15) is 4.79 Å². The number of aryl methyl sites for hydroxylation is 1. The molecule has 1 rings (SSSR count). The molecule has 1 amide bonds. The molecule has 16 heavy (non-hydrogen) atoms. The van der Waals surface area contributed by atoms with E-state index in [2.05, 4.69) is 10.3 Å². The lowest BCUT2D eigenvalue weighted by Crippen LogP contribution is -2.24. The van der Waals surface area contributed by atoms with Crippen molar-refractivity contribution in [3.63, 3.8) is 0 Å². The van der Waals surface area contributed by atoms with Crippen LogP contribution in [-0.2, 0) is 11.2 Å². The van der Waals surface area contributed by atoms with Gasteiger partial charge in [-0.2, -0.15) is 0 Å². The SMILES string of the molecule is C/C=C/CCNC(=O)CCc1ccccn1. The van der Waals surface area contributed by atoms with Gasteiger partial charge in [-0.15, -0.1) is 0 Å². The molecule has 3 heteroatoms. The smallest absolute Gasteiger partial charge is 0.220 e. The third-order valence-electron chi connectivity index (χ3n) is 2.20. The summed E-state index contributed by atoms with van der Waals surface area (Å²) in [7, 11) is 0. The van der Waals surface area contributed by atoms with Crippen LogP contribution in [0.25, 0.3) is 0 Å². The predicted molar refractivity (Wildman–Crippen MR) is 65.0 cm³/mol. The molecule has 3 nitrogen and oxygen atoms in total. The van der Waals surface area contributed by atoms with Crippen molar-refractivity contribution in [2.45, 2.75) is 26.2 Å². The number of nitrogens with one attached hydrogen (secondary N) is 1. The van der Waals surface area contributed by atoms with E-state index in [0.29, 0.717) is 19.4 Å². The summed E-state index contributed by atoms with van der Waals surface area (Å²) in [6, 6.07) is 5.75. The molecule has 0 atom stereocenters. The van der Waals surface area contributed by atoms with Crippen LogP contribution in [0.15, 0.2) is 36.5 Å². The van der Waals surface area contributed by atoms with Gasteiger partial charge in [0.25, 0.3) is 0 Å². The van der Waals surface area contributed by atoms with Crippen molar-refractivity contribution < 1.29 is 4.79 Å². The lowest BCUT2D eigenvalue weighted by Gasteiger charge is -2.02. The number of rotatable bonds is 6. The molecule has 0 saturated carbocycles. The summed E-state index contributed by atoms with van der Waals surface area (Å²) in [5.41, 5.74) is 0.964. The quantitative estimate of drug-likeness (QED) is 0.587. The maximum absolute atomic E-state index is 11.4. The fourth-order valence-corrected chi connectivity index (χ4v) is 1.34. The summed E-state index contributed by atoms with van der Waals surface area (Å²) in [6.45, 7) is 2.69. The van der Waals surface area contributed by atoms with Crippen LogP contribution >= 0.6 is 0 Å². The third-order valence-corrected chi connectivity index (χ3v) is 2.20. The van der Waals surface area contributed by atoms with E-state index in [1.165, 1.54) is 0 Å². The molecular formula is C13H18N2O. The Bertz CT molecular complexity index is 333. The van der Waals surface area contributed by atoms with Gasteiger partial charge in [0.05, 0.1) is 0 Å². The molecule has 1 heterocycles. The second-order valence-electron chi connectivity index (χ2n) is 3.53. The number of allylic oxidation sites excluding steroid dienone is 1. The molecule has 0 aromatic carbocycles. The van der Waals surface area contributed by atoms with Crippen LogP contribution in [0.3, 0.4) is 0 Å². The molecule has 0 fully saturated rings. The van der Waals surface area contributed by atoms with Crippen molar-refractivity contribution in [2.75, 3.05) is 6.54 Å². The fourth-order valence-electron chi connectivity index (χ4n) is 1.34. The second kappa shape index (κ2) is 7.63. The first kappa shape index (κ1) is 12.4. The van der Waals surface area contributed by atoms with E-state index in [0.717, 1.165) is 12.1 Å². The van der Waals surface area contributed by atoms with Gasteiger partial charge in [0, 0.05) is 24.9 Å². The average Bonchev–Trinajstić information content (AvgIpc) is 2.33. The molecule has 1 aromatic rings. The molecule has 1 aromatic heterocycles. The summed E-state index contributed by atoms with van der Waals surface area (Å²) in [6.07, 6.45) is 7.88. The molecule has 0 aliphatic heterocycles. The van der Waals surface area contributed by atoms with Crippen molar-refractivity contribution in [2.24, 2.45) is 0 Å². The first-order chi connectivity index (χ1) is 7.83. The maximum Gasteiger partial charge on any atom is 0.220 e. The number of carbonyl (C=O) groups is 1. The normalized spacial score (nSPS) is 10.6. The Kier molecular flexibility index (Phi) is 5.92. The minimum absolute atomic E-state index is 0.0927. The molecule has 0 aliphatic carbocycles. The first-order valence-electron chi connectivity index (χ1n) is 5.60. The predicted octanol–water partition coefficient (Wildman–Crippen LogP) is 2.10. The van der Waals surface area contributed by atoms with Gasteiger partial charge >= 0.3 is 0 Å². The standard InChI is InChI=1S/C13H18N2O/c1-2-3-5-11-15-13(16)9-8-12-7-4-6-10-14-12/h2-4,6-7,10H,5,8-9,11H2,1H3,(H,15,16)/b3-2+. The van der Waals surface area contributed by atoms with Gasteiger partial charge in [0.15, 0.2) is 0 Å². The fraction of sp³-hybridized carbons (Fsp3) is 0.385. The number of aromatic nitrogens is 1. The highest BCUT2D eigenvalue weighted by molar-refractivity contribution is 5.76. The van der Waals surface area contributed by atoms with Gasteiger partial charge in [-0.05, 0) is 31.9 Å². The highest BCUT2D eigenvalue weighted by atomic mass is 16.1. The van der Waals surface area contributed by atoms with E-state index in [1.54, 1.807) is 6.20 Å². The Balaban J connectivity index is 2.15. The lowest BCUT2D eigenvalue weighted by atomic mass is 10.2. The topological polar surface area (TPSA) is 42.0 Å². The van der Waals surface area contributed by atoms with Crippen LogP contribution in [0.2, 0.25) is 0 Å². The van der Waals surface area contributed by atoms with E-state index in [4.69, 9.17) is 0 Å². The molecule has 0 bridgehead atoms. The molecular weight excluding hydrogens is 200 g/mol. The minimum atomic E-state index is 0.0927. The summed E-state index contributed by atoms with van der Waals surface area (Å²) in [5.74, 6) is 0.0927. The maximum atomic E-state index is 11.4. The molecule has 0 aliphatic rings. The monoisotopic (exact) mass is 218 g/mol. The van der Waals surface area contributed by atoms with E-state index in [1.807, 2.05) is 37.3 Å². The van der Waals surface area contributed by atoms with Crippen LogP contribution < -0.4 is 5.32 Å². The van der Waals surface area contributed by atoms with E-state index >= 15 is 0 Å². The number of hydrogen-bond acceptors (Lipinski definition) is 2. The Morgan fingerprint density at radius 2 is 2.38 bits per heavy atom. The molecule has 0 radical (unpaired) electrons. The first-order valence-corrected chi connectivity index (χ1v) is 5.60. The number of carbonyl (C=O) groups excluding carboxylic acids is 1. The highest BCUT2D eigenvalue weighted by Gasteiger charge is 2.01. The Labute approximate surface area is 96.6 Å². The highest BCUT2D eigenvalue weighted by Crippen LogP contribution is 1.97. The zero-order valence-corrected chi connectivity index (χ0v) is 9.65. The zero-order chi connectivity index (χ0) is 11.6. The van der Waals surface area contributed by atoms with Gasteiger partial charge in [-0.1, -0.05) is 18.2 Å². The van der Waals surface area contributed by atoms with Crippen molar-refractivity contribution >= 4 is 5.91 Å². The van der Waals surface area contributed by atoms with Crippen molar-refractivity contribution in [3.05, 3.63) is 42.2 Å². The number of amides is 1. The summed E-state index contributed by atoms with van der Waals surface area (Å²) in [4.78, 5) is 15.6. The Morgan fingerprint density at radius 3 is 3.06 bits per heavy atom. The van der Waals surface area contributed by atoms with Crippen LogP contribution in [0, 0.1) is 0 Å². The molecule has 0 unspecified atom stereocenters. The summed E-state index contributed by atoms with van der Waals surface area (Å²) >= 11 is 0. The lowest BCUT2D eigenvalue weighted by molar-refractivity contribution is -0.121. The van der Waals surface area contributed by atoms with Gasteiger partial charge in [-0.3, -0.25) is 9.78 Å². The van der Waals surface area contributed by atoms with Crippen LogP contribution in [0.4, 0.5) is 0 Å². The molecule has 86 valence electrons. The molecule has 1 N–H and O–H groups in total. The Morgan fingerprint density at radius 1 is 1.50 bits per heavy atom. The van der Waals surface area contributed by atoms with Gasteiger partial charge in [0.2, 0.25) is 5.91 Å². The number of nitrogens with zero attached hydrogens (tertiary/aromatic N) is 1. The third kappa shape index (κ3) is 5.29. The summed E-state index contributed by atoms with van der Waals surface area (Å²) in [5, 5.41) is 2.87. The van der Waals surface area contributed by atoms with Gasteiger partial charge in [0.1, 0.15) is 0 Å². The largest absolute Gasteiger partial charge is 0.356 e. The zero-order valence-electron chi connectivity index (χ0n) is 9.65.